The van der Waals surface area contributed by atoms with Gasteiger partial charge in [0.2, 0.25) is 5.91 Å². The first-order chi connectivity index (χ1) is 7.63. The summed E-state index contributed by atoms with van der Waals surface area (Å²) in [6, 6.07) is 0. The number of carbonyl (C=O) groups excluding carboxylic acids is 1. The van der Waals surface area contributed by atoms with Gasteiger partial charge in [-0.05, 0) is 45.8 Å². The molecule has 1 aliphatic heterocycles. The summed E-state index contributed by atoms with van der Waals surface area (Å²) < 4.78 is 0. The summed E-state index contributed by atoms with van der Waals surface area (Å²) in [5.74, 6) is 1.04. The lowest BCUT2D eigenvalue weighted by molar-refractivity contribution is -0.132. The van der Waals surface area contributed by atoms with Crippen LogP contribution in [-0.4, -0.2) is 56.0 Å². The van der Waals surface area contributed by atoms with Crippen LogP contribution in [0.3, 0.4) is 0 Å². The maximum absolute atomic E-state index is 11.8. The van der Waals surface area contributed by atoms with Crippen molar-refractivity contribution in [2.24, 2.45) is 11.7 Å². The van der Waals surface area contributed by atoms with E-state index < -0.39 is 0 Å². The van der Waals surface area contributed by atoms with Crippen molar-refractivity contribution >= 4 is 5.91 Å². The van der Waals surface area contributed by atoms with Gasteiger partial charge in [-0.2, -0.15) is 0 Å². The first-order valence-corrected chi connectivity index (χ1v) is 6.26. The summed E-state index contributed by atoms with van der Waals surface area (Å²) in [5, 5.41) is 0. The number of hydrogen-bond acceptors (Lipinski definition) is 3. The van der Waals surface area contributed by atoms with Gasteiger partial charge in [0.05, 0.1) is 0 Å². The number of carbonyl (C=O) groups is 1. The van der Waals surface area contributed by atoms with Gasteiger partial charge in [0.25, 0.3) is 0 Å². The molecule has 0 unspecified atom stereocenters. The molecular formula is C12H25N3O. The highest BCUT2D eigenvalue weighted by Crippen LogP contribution is 2.20. The molecule has 0 bridgehead atoms. The van der Waals surface area contributed by atoms with Crippen LogP contribution in [0, 0.1) is 5.92 Å². The second-order valence-corrected chi connectivity index (χ2v) is 4.95. The van der Waals surface area contributed by atoms with Crippen LogP contribution in [0.1, 0.15) is 25.7 Å². The zero-order valence-electron chi connectivity index (χ0n) is 10.6. The summed E-state index contributed by atoms with van der Waals surface area (Å²) in [4.78, 5) is 15.9. The van der Waals surface area contributed by atoms with E-state index in [2.05, 4.69) is 4.90 Å². The summed E-state index contributed by atoms with van der Waals surface area (Å²) in [6.45, 7) is 3.48. The second kappa shape index (κ2) is 6.86. The minimum atomic E-state index is 0.305. The van der Waals surface area contributed by atoms with E-state index >= 15 is 0 Å². The van der Waals surface area contributed by atoms with E-state index in [-0.39, 0.29) is 0 Å². The van der Waals surface area contributed by atoms with Gasteiger partial charge in [-0.15, -0.1) is 0 Å². The first-order valence-electron chi connectivity index (χ1n) is 6.26. The Kier molecular flexibility index (Phi) is 5.77. The van der Waals surface area contributed by atoms with E-state index in [1.54, 1.807) is 0 Å². The summed E-state index contributed by atoms with van der Waals surface area (Å²) >= 11 is 0. The van der Waals surface area contributed by atoms with Crippen molar-refractivity contribution in [3.8, 4) is 0 Å². The predicted molar refractivity (Wildman–Crippen MR) is 66.1 cm³/mol. The van der Waals surface area contributed by atoms with Crippen LogP contribution in [0.2, 0.25) is 0 Å². The van der Waals surface area contributed by atoms with E-state index in [1.165, 1.54) is 0 Å². The molecule has 1 heterocycles. The van der Waals surface area contributed by atoms with Crippen LogP contribution in [0.15, 0.2) is 0 Å². The second-order valence-electron chi connectivity index (χ2n) is 4.95. The fourth-order valence-electron chi connectivity index (χ4n) is 2.18. The van der Waals surface area contributed by atoms with E-state index in [4.69, 9.17) is 5.73 Å². The molecule has 0 spiro atoms. The topological polar surface area (TPSA) is 49.6 Å². The van der Waals surface area contributed by atoms with Crippen molar-refractivity contribution in [3.63, 3.8) is 0 Å². The fourth-order valence-corrected chi connectivity index (χ4v) is 2.18. The first kappa shape index (κ1) is 13.5. The quantitative estimate of drug-likeness (QED) is 0.745. The number of nitrogens with zero attached hydrogens (tertiary/aromatic N) is 2. The molecule has 1 aliphatic rings. The highest BCUT2D eigenvalue weighted by molar-refractivity contribution is 5.76. The lowest BCUT2D eigenvalue weighted by atomic mass is 9.93. The average Bonchev–Trinajstić information content (AvgIpc) is 2.27. The Morgan fingerprint density at radius 1 is 1.38 bits per heavy atom. The van der Waals surface area contributed by atoms with Crippen molar-refractivity contribution < 1.29 is 4.79 Å². The highest BCUT2D eigenvalue weighted by atomic mass is 16.2. The van der Waals surface area contributed by atoms with Gasteiger partial charge < -0.3 is 15.5 Å². The highest BCUT2D eigenvalue weighted by Gasteiger charge is 2.21. The van der Waals surface area contributed by atoms with E-state index in [9.17, 15) is 4.79 Å². The van der Waals surface area contributed by atoms with Crippen LogP contribution in [0.25, 0.3) is 0 Å². The maximum Gasteiger partial charge on any atom is 0.223 e. The molecule has 0 radical (unpaired) electrons. The lowest BCUT2D eigenvalue weighted by Gasteiger charge is -2.32. The molecule has 0 aliphatic carbocycles. The van der Waals surface area contributed by atoms with Gasteiger partial charge in [-0.1, -0.05) is 0 Å². The lowest BCUT2D eigenvalue weighted by Crippen LogP contribution is -2.39. The molecule has 94 valence electrons. The molecule has 4 heteroatoms. The van der Waals surface area contributed by atoms with Crippen molar-refractivity contribution in [2.45, 2.75) is 25.7 Å². The van der Waals surface area contributed by atoms with Crippen LogP contribution >= 0.6 is 0 Å². The van der Waals surface area contributed by atoms with Gasteiger partial charge in [-0.3, -0.25) is 4.79 Å². The summed E-state index contributed by atoms with van der Waals surface area (Å²) in [5.41, 5.74) is 5.55. The molecule has 0 aromatic heterocycles. The van der Waals surface area contributed by atoms with Gasteiger partial charge >= 0.3 is 0 Å². The Labute approximate surface area is 98.8 Å². The summed E-state index contributed by atoms with van der Waals surface area (Å²) in [6.07, 6.45) is 4.02. The largest absolute Gasteiger partial charge is 0.343 e. The number of nitrogens with two attached hydrogens (primary N) is 1. The van der Waals surface area contributed by atoms with Crippen LogP contribution in [0.4, 0.5) is 0 Å². The molecule has 0 aromatic carbocycles. The molecule has 2 N–H and O–H groups in total. The SMILES string of the molecule is CN(C)CCC(=O)N1CCC(CCN)CC1. The molecule has 0 aromatic rings. The smallest absolute Gasteiger partial charge is 0.223 e. The van der Waals surface area contributed by atoms with Crippen LogP contribution in [-0.2, 0) is 4.79 Å². The Balaban J connectivity index is 2.22. The monoisotopic (exact) mass is 227 g/mol. The van der Waals surface area contributed by atoms with Crippen LogP contribution in [0.5, 0.6) is 0 Å². The van der Waals surface area contributed by atoms with Gasteiger partial charge in [0.1, 0.15) is 0 Å². The van der Waals surface area contributed by atoms with Crippen molar-refractivity contribution in [3.05, 3.63) is 0 Å². The number of hydrogen-bond donors (Lipinski definition) is 1. The fraction of sp³-hybridized carbons (Fsp3) is 0.917. The van der Waals surface area contributed by atoms with E-state index in [0.717, 1.165) is 51.4 Å². The zero-order valence-corrected chi connectivity index (χ0v) is 10.6. The van der Waals surface area contributed by atoms with Gasteiger partial charge in [0.15, 0.2) is 0 Å². The van der Waals surface area contributed by atoms with Gasteiger partial charge in [0, 0.05) is 26.1 Å². The zero-order chi connectivity index (χ0) is 12.0. The molecular weight excluding hydrogens is 202 g/mol. The third kappa shape index (κ3) is 4.49. The Morgan fingerprint density at radius 2 is 2.00 bits per heavy atom. The van der Waals surface area contributed by atoms with Gasteiger partial charge in [-0.25, -0.2) is 0 Å². The van der Waals surface area contributed by atoms with Crippen molar-refractivity contribution in [1.82, 2.24) is 9.80 Å². The Bertz CT molecular complexity index is 210. The third-order valence-electron chi connectivity index (χ3n) is 3.32. The number of amides is 1. The molecule has 1 saturated heterocycles. The molecule has 1 fully saturated rings. The number of piperidine rings is 1. The molecule has 1 amide bonds. The van der Waals surface area contributed by atoms with Crippen molar-refractivity contribution in [1.29, 1.82) is 0 Å². The Hall–Kier alpha value is -0.610. The standard InChI is InChI=1S/C12H25N3O/c1-14(2)8-6-12(16)15-9-4-11(3-7-13)5-10-15/h11H,3-10,13H2,1-2H3. The maximum atomic E-state index is 11.8. The minimum Gasteiger partial charge on any atom is -0.343 e. The van der Waals surface area contributed by atoms with E-state index in [1.807, 2.05) is 19.0 Å². The third-order valence-corrected chi connectivity index (χ3v) is 3.32. The van der Waals surface area contributed by atoms with E-state index in [0.29, 0.717) is 12.3 Å². The predicted octanol–water partition coefficient (Wildman–Crippen LogP) is 0.526. The molecule has 1 rings (SSSR count). The minimum absolute atomic E-state index is 0.305. The normalized spacial score (nSPS) is 18.1. The molecule has 4 nitrogen and oxygen atoms in total. The number of rotatable bonds is 5. The Morgan fingerprint density at radius 3 is 2.50 bits per heavy atom. The molecule has 16 heavy (non-hydrogen) atoms. The number of likely N-dealkylation sites (tertiary alicyclic amines) is 1. The summed E-state index contributed by atoms with van der Waals surface area (Å²) in [7, 11) is 4.00. The molecule has 0 atom stereocenters. The average molecular weight is 227 g/mol. The molecule has 0 saturated carbocycles. The van der Waals surface area contributed by atoms with Crippen LogP contribution < -0.4 is 5.73 Å². The van der Waals surface area contributed by atoms with Crippen molar-refractivity contribution in [2.75, 3.05) is 40.3 Å².